The van der Waals surface area contributed by atoms with Crippen molar-refractivity contribution >= 4 is 28.9 Å². The molecule has 4 aromatic rings. The molecule has 4 aromatic carbocycles. The molecular weight excluding hydrogens is 544 g/mol. The van der Waals surface area contributed by atoms with Crippen LogP contribution >= 0.6 is 17.0 Å². The zero-order valence-corrected chi connectivity index (χ0v) is 22.9. The van der Waals surface area contributed by atoms with E-state index in [0.717, 1.165) is 22.4 Å². The Balaban J connectivity index is 0.00000103. The number of hydrogen-bond acceptors (Lipinski definition) is 3. The Morgan fingerprint density at radius 3 is 1.76 bits per heavy atom. The van der Waals surface area contributed by atoms with Crippen molar-refractivity contribution in [1.29, 1.82) is 0 Å². The van der Waals surface area contributed by atoms with Crippen LogP contribution < -0.4 is 4.74 Å². The van der Waals surface area contributed by atoms with Crippen LogP contribution in [0.2, 0.25) is 0 Å². The van der Waals surface area contributed by atoms with Crippen molar-refractivity contribution in [2.45, 2.75) is 12.3 Å². The number of aliphatic imine (C=N–C) groups is 1. The number of aromatic hydroxyl groups is 1. The van der Waals surface area contributed by atoms with E-state index in [4.69, 9.17) is 21.8 Å². The predicted molar refractivity (Wildman–Crippen MR) is 139 cm³/mol. The molecule has 3 nitrogen and oxygen atoms in total. The van der Waals surface area contributed by atoms with Gasteiger partial charge in [-0.1, -0.05) is 78.9 Å². The Morgan fingerprint density at radius 1 is 0.824 bits per heavy atom. The van der Waals surface area contributed by atoms with E-state index < -0.39 is 26.3 Å². The van der Waals surface area contributed by atoms with Crippen molar-refractivity contribution in [3.63, 3.8) is 0 Å². The van der Waals surface area contributed by atoms with E-state index >= 15 is 0 Å². The third-order valence-corrected chi connectivity index (χ3v) is 5.70. The Morgan fingerprint density at radius 2 is 1.29 bits per heavy atom. The van der Waals surface area contributed by atoms with Crippen molar-refractivity contribution < 1.29 is 30.7 Å². The zero-order chi connectivity index (χ0) is 24.4. The van der Waals surface area contributed by atoms with Gasteiger partial charge in [0.1, 0.15) is 11.5 Å². The third kappa shape index (κ3) is 6.18. The molecule has 6 heteroatoms. The van der Waals surface area contributed by atoms with E-state index in [2.05, 4.69) is 36.2 Å². The first kappa shape index (κ1) is 26.2. The van der Waals surface area contributed by atoms with E-state index in [1.54, 1.807) is 13.3 Å². The van der Waals surface area contributed by atoms with Crippen molar-refractivity contribution in [1.82, 2.24) is 0 Å². The monoisotopic (exact) mass is 567 g/mol. The van der Waals surface area contributed by atoms with Gasteiger partial charge in [-0.25, -0.2) is 0 Å². The number of phenols is 1. The molecule has 34 heavy (non-hydrogen) atoms. The first-order chi connectivity index (χ1) is 16.5. The summed E-state index contributed by atoms with van der Waals surface area (Å²) in [5, 5.41) is 11.4. The molecule has 0 bridgehead atoms. The maximum atomic E-state index is 11.4. The van der Waals surface area contributed by atoms with Gasteiger partial charge in [-0.05, 0) is 42.3 Å². The Kier molecular flexibility index (Phi) is 9.95. The molecule has 0 amide bonds. The quantitative estimate of drug-likeness (QED) is 0.190. The third-order valence-electron chi connectivity index (χ3n) is 5.70. The number of para-hydroxylation sites is 1. The fourth-order valence-corrected chi connectivity index (χ4v) is 3.91. The Hall–Kier alpha value is -2.39. The zero-order valence-electron chi connectivity index (χ0n) is 19.0. The SMILES string of the molecule is COc1cc(C=Nc2ccccc2)c(O)c(C(C)(c2ccccc2)c2ccccc2)c1.[Cl][Zr][Cl]. The minimum atomic E-state index is -0.826. The predicted octanol–water partition coefficient (Wildman–Crippen LogP) is 7.88. The van der Waals surface area contributed by atoms with Crippen LogP contribution in [0.3, 0.4) is 0 Å². The van der Waals surface area contributed by atoms with E-state index in [-0.39, 0.29) is 5.75 Å². The maximum absolute atomic E-state index is 11.4. The molecule has 0 aliphatic rings. The first-order valence-electron chi connectivity index (χ1n) is 10.6. The summed E-state index contributed by atoms with van der Waals surface area (Å²) >= 11 is -0.826. The van der Waals surface area contributed by atoms with Crippen LogP contribution in [0.15, 0.2) is 108 Å². The van der Waals surface area contributed by atoms with Gasteiger partial charge in [0.15, 0.2) is 0 Å². The molecule has 172 valence electrons. The second-order valence-electron chi connectivity index (χ2n) is 7.64. The fraction of sp³-hybridized carbons (Fsp3) is 0.107. The molecule has 0 aromatic heterocycles. The summed E-state index contributed by atoms with van der Waals surface area (Å²) in [7, 11) is 11.5. The second-order valence-corrected chi connectivity index (χ2v) is 11.4. The average molecular weight is 570 g/mol. The van der Waals surface area contributed by atoms with Gasteiger partial charge in [0, 0.05) is 22.8 Å². The van der Waals surface area contributed by atoms with Gasteiger partial charge in [0.2, 0.25) is 0 Å². The standard InChI is InChI=1S/C28H25NO2.2ClH.Zr/c1-28(22-12-6-3-7-13-22,23-14-8-4-9-15-23)26-19-25(31-2)18-21(27(26)30)20-29-24-16-10-5-11-17-24;;;/h3-20,30H,1-2H3;2*1H;/q;;;+2/p-2. The number of halogens is 2. The van der Waals surface area contributed by atoms with Crippen molar-refractivity contribution in [2.24, 2.45) is 4.99 Å². The molecule has 0 saturated heterocycles. The molecule has 0 aliphatic heterocycles. The molecular formula is C28H25Cl2NO2Zr. The number of ether oxygens (including phenoxy) is 1. The second kappa shape index (κ2) is 12.9. The summed E-state index contributed by atoms with van der Waals surface area (Å²) in [5.41, 5.74) is 3.76. The van der Waals surface area contributed by atoms with Crippen LogP contribution in [0.4, 0.5) is 5.69 Å². The van der Waals surface area contributed by atoms with Crippen LogP contribution in [-0.2, 0) is 26.3 Å². The van der Waals surface area contributed by atoms with Gasteiger partial charge in [-0.3, -0.25) is 4.99 Å². The molecule has 0 heterocycles. The van der Waals surface area contributed by atoms with Gasteiger partial charge < -0.3 is 9.84 Å². The molecule has 0 atom stereocenters. The van der Waals surface area contributed by atoms with Gasteiger partial charge in [-0.2, -0.15) is 0 Å². The summed E-state index contributed by atoms with van der Waals surface area (Å²) in [4.78, 5) is 4.54. The van der Waals surface area contributed by atoms with Crippen LogP contribution in [-0.4, -0.2) is 18.4 Å². The van der Waals surface area contributed by atoms with E-state index in [1.165, 1.54) is 0 Å². The van der Waals surface area contributed by atoms with Gasteiger partial charge in [0.05, 0.1) is 12.8 Å². The van der Waals surface area contributed by atoms with Crippen molar-refractivity contribution in [2.75, 3.05) is 7.11 Å². The summed E-state index contributed by atoms with van der Waals surface area (Å²) in [6.07, 6.45) is 1.69. The Bertz CT molecular complexity index is 1160. The van der Waals surface area contributed by atoms with E-state index in [1.807, 2.05) is 78.9 Å². The molecule has 1 N–H and O–H groups in total. The first-order valence-corrected chi connectivity index (χ1v) is 17.0. The molecule has 0 aliphatic carbocycles. The summed E-state index contributed by atoms with van der Waals surface area (Å²) < 4.78 is 5.60. The van der Waals surface area contributed by atoms with Crippen LogP contribution in [0.25, 0.3) is 0 Å². The van der Waals surface area contributed by atoms with E-state index in [0.29, 0.717) is 11.3 Å². The number of nitrogens with zero attached hydrogens (tertiary/aromatic N) is 1. The summed E-state index contributed by atoms with van der Waals surface area (Å²) in [5.74, 6) is 0.857. The molecule has 0 radical (unpaired) electrons. The molecule has 4 rings (SSSR count). The fourth-order valence-electron chi connectivity index (χ4n) is 3.91. The number of methoxy groups -OCH3 is 1. The Labute approximate surface area is 219 Å². The van der Waals surface area contributed by atoms with E-state index in [9.17, 15) is 5.11 Å². The van der Waals surface area contributed by atoms with Gasteiger partial charge in [0.25, 0.3) is 0 Å². The average Bonchev–Trinajstić information content (AvgIpc) is 2.89. The normalized spacial score (nSPS) is 10.9. The number of phenolic OH excluding ortho intramolecular Hbond substituents is 1. The summed E-state index contributed by atoms with van der Waals surface area (Å²) in [6.45, 7) is 2.13. The van der Waals surface area contributed by atoms with Crippen molar-refractivity contribution in [3.8, 4) is 11.5 Å². The van der Waals surface area contributed by atoms with Crippen LogP contribution in [0, 0.1) is 0 Å². The molecule has 0 spiro atoms. The summed E-state index contributed by atoms with van der Waals surface area (Å²) in [6, 6.07) is 33.8. The number of rotatable bonds is 6. The van der Waals surface area contributed by atoms with Gasteiger partial charge in [-0.15, -0.1) is 0 Å². The van der Waals surface area contributed by atoms with Crippen molar-refractivity contribution in [3.05, 3.63) is 125 Å². The number of hydrogen-bond donors (Lipinski definition) is 1. The topological polar surface area (TPSA) is 41.8 Å². The molecule has 0 fully saturated rings. The molecule has 0 saturated carbocycles. The van der Waals surface area contributed by atoms with Gasteiger partial charge >= 0.3 is 37.9 Å². The number of benzene rings is 4. The van der Waals surface area contributed by atoms with Crippen LogP contribution in [0.5, 0.6) is 11.5 Å². The molecule has 0 unspecified atom stereocenters. The minimum absolute atomic E-state index is 0.190. The van der Waals surface area contributed by atoms with Crippen LogP contribution in [0.1, 0.15) is 29.2 Å².